The third-order valence-corrected chi connectivity index (χ3v) is 5.19. The topological polar surface area (TPSA) is 50.4 Å². The molecule has 2 atom stereocenters. The first-order valence-corrected chi connectivity index (χ1v) is 7.98. The molecule has 1 rings (SSSR count). The van der Waals surface area contributed by atoms with Crippen LogP contribution in [-0.4, -0.2) is 41.8 Å². The smallest absolute Gasteiger partial charge is 0.315 e. The van der Waals surface area contributed by atoms with Gasteiger partial charge in [0.1, 0.15) is 0 Å². The summed E-state index contributed by atoms with van der Waals surface area (Å²) in [6, 6.07) is 0.0205. The highest BCUT2D eigenvalue weighted by molar-refractivity contribution is 8.00. The van der Waals surface area contributed by atoms with Crippen molar-refractivity contribution in [3.63, 3.8) is 0 Å². The molecule has 0 radical (unpaired) electrons. The van der Waals surface area contributed by atoms with Gasteiger partial charge in [-0.3, -0.25) is 0 Å². The number of carbonyl (C=O) groups excluding carboxylic acids is 1. The molecule has 0 spiro atoms. The molecule has 1 aliphatic rings. The first kappa shape index (κ1) is 16.6. The average molecular weight is 288 g/mol. The Morgan fingerprint density at radius 2 is 2.21 bits per heavy atom. The summed E-state index contributed by atoms with van der Waals surface area (Å²) in [7, 11) is 1.70. The van der Waals surface area contributed by atoms with E-state index in [1.54, 1.807) is 7.11 Å². The van der Waals surface area contributed by atoms with E-state index in [1.807, 2.05) is 32.5 Å². The standard InChI is InChI=1S/C14H28N2O2S/c1-11(9-13(2,3)18-5)16-12(17)15-10-14(4)7-6-8-19-14/h11H,6-10H2,1-5H3,(H2,15,16,17)/t11-,14-/m0/s1. The van der Waals surface area contributed by atoms with Gasteiger partial charge >= 0.3 is 6.03 Å². The number of thioether (sulfide) groups is 1. The molecular formula is C14H28N2O2S. The molecule has 1 aliphatic heterocycles. The molecule has 0 aliphatic carbocycles. The molecule has 2 N–H and O–H groups in total. The summed E-state index contributed by atoms with van der Waals surface area (Å²) in [4.78, 5) is 11.9. The van der Waals surface area contributed by atoms with E-state index in [4.69, 9.17) is 4.74 Å². The Balaban J connectivity index is 2.27. The van der Waals surface area contributed by atoms with E-state index in [-0.39, 0.29) is 22.4 Å². The minimum absolute atomic E-state index is 0.0758. The SMILES string of the molecule is COC(C)(C)C[C@H](C)NC(=O)NC[C@]1(C)CCCS1. The fourth-order valence-corrected chi connectivity index (χ4v) is 3.63. The number of methoxy groups -OCH3 is 1. The van der Waals surface area contributed by atoms with Crippen molar-refractivity contribution in [1.82, 2.24) is 10.6 Å². The van der Waals surface area contributed by atoms with E-state index in [0.29, 0.717) is 0 Å². The summed E-state index contributed by atoms with van der Waals surface area (Å²) in [5.41, 5.74) is -0.208. The maximum Gasteiger partial charge on any atom is 0.315 e. The quantitative estimate of drug-likeness (QED) is 0.790. The van der Waals surface area contributed by atoms with Crippen molar-refractivity contribution in [3.05, 3.63) is 0 Å². The van der Waals surface area contributed by atoms with E-state index >= 15 is 0 Å². The molecule has 19 heavy (non-hydrogen) atoms. The third-order valence-electron chi connectivity index (χ3n) is 3.65. The van der Waals surface area contributed by atoms with Crippen molar-refractivity contribution in [2.24, 2.45) is 0 Å². The average Bonchev–Trinajstić information content (AvgIpc) is 2.73. The molecule has 0 aromatic carbocycles. The van der Waals surface area contributed by atoms with Crippen LogP contribution >= 0.6 is 11.8 Å². The van der Waals surface area contributed by atoms with Crippen LogP contribution in [0.15, 0.2) is 0 Å². The number of rotatable bonds is 6. The van der Waals surface area contributed by atoms with Gasteiger partial charge in [-0.25, -0.2) is 4.79 Å². The number of urea groups is 1. The van der Waals surface area contributed by atoms with E-state index < -0.39 is 0 Å². The first-order chi connectivity index (χ1) is 8.76. The maximum atomic E-state index is 11.9. The van der Waals surface area contributed by atoms with Crippen molar-refractivity contribution in [2.75, 3.05) is 19.4 Å². The summed E-state index contributed by atoms with van der Waals surface area (Å²) in [6.07, 6.45) is 3.23. The van der Waals surface area contributed by atoms with Crippen LogP contribution in [0.5, 0.6) is 0 Å². The Hall–Kier alpha value is -0.420. The van der Waals surface area contributed by atoms with E-state index in [9.17, 15) is 4.79 Å². The monoisotopic (exact) mass is 288 g/mol. The number of nitrogens with one attached hydrogen (secondary N) is 2. The van der Waals surface area contributed by atoms with Gasteiger partial charge < -0.3 is 15.4 Å². The molecule has 2 amide bonds. The molecule has 1 heterocycles. The minimum Gasteiger partial charge on any atom is -0.379 e. The van der Waals surface area contributed by atoms with E-state index in [1.165, 1.54) is 18.6 Å². The zero-order valence-electron chi connectivity index (χ0n) is 12.8. The van der Waals surface area contributed by atoms with Gasteiger partial charge in [-0.15, -0.1) is 0 Å². The molecule has 0 bridgehead atoms. The summed E-state index contributed by atoms with van der Waals surface area (Å²) < 4.78 is 5.59. The van der Waals surface area contributed by atoms with Crippen molar-refractivity contribution in [1.29, 1.82) is 0 Å². The highest BCUT2D eigenvalue weighted by Gasteiger charge is 2.30. The van der Waals surface area contributed by atoms with E-state index in [2.05, 4.69) is 17.6 Å². The van der Waals surface area contributed by atoms with E-state index in [0.717, 1.165) is 13.0 Å². The molecule has 0 aromatic heterocycles. The first-order valence-electron chi connectivity index (χ1n) is 7.00. The van der Waals surface area contributed by atoms with Crippen LogP contribution in [0.2, 0.25) is 0 Å². The van der Waals surface area contributed by atoms with Gasteiger partial charge in [0.25, 0.3) is 0 Å². The van der Waals surface area contributed by atoms with Crippen LogP contribution < -0.4 is 10.6 Å². The lowest BCUT2D eigenvalue weighted by Gasteiger charge is -2.28. The summed E-state index contributed by atoms with van der Waals surface area (Å²) in [5, 5.41) is 5.96. The number of ether oxygens (including phenoxy) is 1. The Kier molecular flexibility index (Phi) is 5.99. The van der Waals surface area contributed by atoms with Crippen LogP contribution in [0, 0.1) is 0 Å². The Bertz CT molecular complexity index is 302. The second-order valence-electron chi connectivity index (χ2n) is 6.30. The molecule has 1 fully saturated rings. The number of carbonyl (C=O) groups is 1. The van der Waals surface area contributed by atoms with Gasteiger partial charge in [0.2, 0.25) is 0 Å². The number of hydrogen-bond acceptors (Lipinski definition) is 3. The molecular weight excluding hydrogens is 260 g/mol. The Morgan fingerprint density at radius 1 is 1.53 bits per heavy atom. The Labute approximate surface area is 121 Å². The van der Waals surface area contributed by atoms with Gasteiger partial charge in [0.05, 0.1) is 5.60 Å². The number of hydrogen-bond donors (Lipinski definition) is 2. The summed E-state index contributed by atoms with van der Waals surface area (Å²) in [5.74, 6) is 1.21. The van der Waals surface area contributed by atoms with Gasteiger partial charge in [0.15, 0.2) is 0 Å². The van der Waals surface area contributed by atoms with Crippen molar-refractivity contribution < 1.29 is 9.53 Å². The van der Waals surface area contributed by atoms with Crippen LogP contribution in [0.1, 0.15) is 47.0 Å². The third kappa shape index (κ3) is 6.04. The summed E-state index contributed by atoms with van der Waals surface area (Å²) >= 11 is 1.96. The maximum absolute atomic E-state index is 11.9. The highest BCUT2D eigenvalue weighted by Crippen LogP contribution is 2.36. The lowest BCUT2D eigenvalue weighted by Crippen LogP contribution is -2.47. The van der Waals surface area contributed by atoms with Crippen molar-refractivity contribution in [3.8, 4) is 0 Å². The molecule has 1 saturated heterocycles. The van der Waals surface area contributed by atoms with Gasteiger partial charge in [-0.05, 0) is 52.7 Å². The lowest BCUT2D eigenvalue weighted by atomic mass is 10.00. The zero-order valence-corrected chi connectivity index (χ0v) is 13.7. The second-order valence-corrected chi connectivity index (χ2v) is 7.98. The molecule has 112 valence electrons. The molecule has 0 saturated carbocycles. The fraction of sp³-hybridized carbons (Fsp3) is 0.929. The number of amides is 2. The molecule has 0 aromatic rings. The largest absolute Gasteiger partial charge is 0.379 e. The van der Waals surface area contributed by atoms with Crippen LogP contribution in [-0.2, 0) is 4.74 Å². The molecule has 4 nitrogen and oxygen atoms in total. The Morgan fingerprint density at radius 3 is 2.74 bits per heavy atom. The zero-order chi connectivity index (χ0) is 14.5. The van der Waals surface area contributed by atoms with Crippen LogP contribution in [0.4, 0.5) is 4.79 Å². The predicted octanol–water partition coefficient (Wildman–Crippen LogP) is 2.77. The van der Waals surface area contributed by atoms with Gasteiger partial charge in [-0.1, -0.05) is 0 Å². The molecule has 0 unspecified atom stereocenters. The van der Waals surface area contributed by atoms with Crippen molar-refractivity contribution in [2.45, 2.75) is 63.3 Å². The van der Waals surface area contributed by atoms with Gasteiger partial charge in [-0.2, -0.15) is 11.8 Å². The van der Waals surface area contributed by atoms with Crippen molar-refractivity contribution >= 4 is 17.8 Å². The summed E-state index contributed by atoms with van der Waals surface area (Å²) in [6.45, 7) is 9.03. The fourth-order valence-electron chi connectivity index (χ4n) is 2.39. The van der Waals surface area contributed by atoms with Crippen LogP contribution in [0.25, 0.3) is 0 Å². The minimum atomic E-state index is -0.208. The highest BCUT2D eigenvalue weighted by atomic mass is 32.2. The predicted molar refractivity (Wildman–Crippen MR) is 81.8 cm³/mol. The lowest BCUT2D eigenvalue weighted by molar-refractivity contribution is 0.00950. The molecule has 5 heteroatoms. The second kappa shape index (κ2) is 6.84. The van der Waals surface area contributed by atoms with Crippen LogP contribution in [0.3, 0.4) is 0 Å². The normalized spacial score (nSPS) is 25.1. The van der Waals surface area contributed by atoms with Gasteiger partial charge in [0, 0.05) is 24.4 Å².